The van der Waals surface area contributed by atoms with Crippen LogP contribution in [0.1, 0.15) is 20.8 Å². The molecule has 2 aromatic heterocycles. The lowest BCUT2D eigenvalue weighted by Crippen LogP contribution is -2.65. The number of benzene rings is 10. The van der Waals surface area contributed by atoms with Gasteiger partial charge in [0.05, 0.1) is 22.1 Å². The number of hydrogen-bond donors (Lipinski definition) is 0. The van der Waals surface area contributed by atoms with Crippen molar-refractivity contribution in [1.29, 1.82) is 0 Å². The summed E-state index contributed by atoms with van der Waals surface area (Å²) in [5, 5.41) is 4.34. The van der Waals surface area contributed by atoms with E-state index in [1.807, 2.05) is 18.2 Å². The molecule has 0 fully saturated rings. The predicted octanol–water partition coefficient (Wildman–Crippen LogP) is 16.1. The molecule has 0 radical (unpaired) electrons. The monoisotopic (exact) mass is 1050 g/mol. The van der Waals surface area contributed by atoms with E-state index in [4.69, 9.17) is 8.83 Å². The highest BCUT2D eigenvalue weighted by atomic mass is 16.3. The minimum atomic E-state index is -0.334. The third-order valence-electron chi connectivity index (χ3n) is 17.2. The van der Waals surface area contributed by atoms with E-state index in [-0.39, 0.29) is 18.8 Å². The summed E-state index contributed by atoms with van der Waals surface area (Å²) in [7, 11) is 0. The van der Waals surface area contributed by atoms with Crippen LogP contribution in [0.5, 0.6) is 0 Å². The summed E-state index contributed by atoms with van der Waals surface area (Å²) < 4.78 is 14.2. The summed E-state index contributed by atoms with van der Waals surface area (Å²) in [4.78, 5) is 10.0. The first-order valence-corrected chi connectivity index (χ1v) is 28.3. The molecule has 0 saturated carbocycles. The summed E-state index contributed by atoms with van der Waals surface area (Å²) in [5.74, 6) is 0. The van der Waals surface area contributed by atoms with Crippen molar-refractivity contribution < 1.29 is 8.83 Å². The van der Waals surface area contributed by atoms with Crippen molar-refractivity contribution in [2.24, 2.45) is 5.41 Å². The van der Waals surface area contributed by atoms with Gasteiger partial charge in [0.25, 0.3) is 13.4 Å². The van der Waals surface area contributed by atoms with Crippen LogP contribution in [-0.4, -0.2) is 13.4 Å². The van der Waals surface area contributed by atoms with Crippen molar-refractivity contribution in [1.82, 2.24) is 0 Å². The molecule has 0 unspecified atom stereocenters. The molecule has 6 nitrogen and oxygen atoms in total. The molecule has 4 aliphatic heterocycles. The molecule has 12 aromatic rings. The molecule has 6 heterocycles. The molecule has 0 N–H and O–H groups in total. The van der Waals surface area contributed by atoms with E-state index in [9.17, 15) is 0 Å². The number of hydrogen-bond acceptors (Lipinski definition) is 6. The predicted molar refractivity (Wildman–Crippen MR) is 348 cm³/mol. The fourth-order valence-corrected chi connectivity index (χ4v) is 14.1. The lowest BCUT2D eigenvalue weighted by molar-refractivity contribution is 0.509. The fraction of sp³-hybridized carbons (Fsp3) is 0.0541. The van der Waals surface area contributed by atoms with Crippen LogP contribution in [0, 0.1) is 5.41 Å². The van der Waals surface area contributed by atoms with Crippen LogP contribution in [0.15, 0.2) is 282 Å². The van der Waals surface area contributed by atoms with Crippen molar-refractivity contribution in [2.45, 2.75) is 20.8 Å². The Labute approximate surface area is 477 Å². The van der Waals surface area contributed by atoms with Gasteiger partial charge in [0.2, 0.25) is 0 Å². The van der Waals surface area contributed by atoms with Gasteiger partial charge in [0.15, 0.2) is 0 Å². The van der Waals surface area contributed by atoms with Gasteiger partial charge in [0.1, 0.15) is 22.3 Å². The van der Waals surface area contributed by atoms with Gasteiger partial charge in [-0.3, -0.25) is 0 Å². The molecule has 0 atom stereocenters. The fourth-order valence-electron chi connectivity index (χ4n) is 14.1. The van der Waals surface area contributed by atoms with Crippen molar-refractivity contribution in [2.75, 3.05) is 19.6 Å². The molecular formula is C74H54B2N4O2. The van der Waals surface area contributed by atoms with Crippen molar-refractivity contribution in [3.8, 4) is 0 Å². The number of anilines is 11. The lowest BCUT2D eigenvalue weighted by Gasteiger charge is -2.48. The minimum absolute atomic E-state index is 0.190. The third-order valence-corrected chi connectivity index (χ3v) is 17.2. The molecule has 0 bridgehead atoms. The Kier molecular flexibility index (Phi) is 10.6. The second-order valence-corrected chi connectivity index (χ2v) is 22.8. The Morgan fingerprint density at radius 3 is 1.39 bits per heavy atom. The van der Waals surface area contributed by atoms with Crippen molar-refractivity contribution in [3.05, 3.63) is 273 Å². The summed E-state index contributed by atoms with van der Waals surface area (Å²) in [6, 6.07) is 77.6. The number of rotatable bonds is 8. The topological polar surface area (TPSA) is 39.2 Å². The van der Waals surface area contributed by atoms with Gasteiger partial charge in [-0.2, -0.15) is 0 Å². The number of para-hydroxylation sites is 7. The highest BCUT2D eigenvalue weighted by Gasteiger charge is 2.50. The molecule has 16 rings (SSSR count). The quantitative estimate of drug-likeness (QED) is 0.112. The first-order valence-electron chi connectivity index (χ1n) is 28.3. The van der Waals surface area contributed by atoms with Gasteiger partial charge in [-0.05, 0) is 117 Å². The summed E-state index contributed by atoms with van der Waals surface area (Å²) >= 11 is 0. The molecule has 0 amide bonds. The molecule has 0 spiro atoms. The van der Waals surface area contributed by atoms with Crippen LogP contribution in [-0.2, 0) is 0 Å². The standard InChI is InChI=1S/C74H54B2N4O2/c1-6-8-12-38-57(52(27-7-2)74(3,4)5)80-61-44-60-55(43-56(61)76-54-37-22-24-40-59(54)79(49-32-17-11-18-33-49)73-69-51-35-20-26-42-65(51)82-67(69)46-63(80)71(73)76)75-53-36-21-23-39-58(53)78(48-30-15-10-16-31-48)72-68-50-34-19-25-41-64(50)81-66(68)45-62(70(72)75)77(60)47-28-13-9-14-29-47/h6-46H,1-2H2,3-5H3/b12-8-,52-27+,57-38+. The molecule has 10 aromatic carbocycles. The normalized spacial score (nSPS) is 14.3. The number of nitrogens with zero attached hydrogens (tertiary/aromatic N) is 4. The zero-order valence-corrected chi connectivity index (χ0v) is 45.8. The lowest BCUT2D eigenvalue weighted by atomic mass is 9.30. The van der Waals surface area contributed by atoms with E-state index in [1.54, 1.807) is 0 Å². The molecule has 82 heavy (non-hydrogen) atoms. The first-order chi connectivity index (χ1) is 40.3. The van der Waals surface area contributed by atoms with Gasteiger partial charge in [-0.25, -0.2) is 0 Å². The van der Waals surface area contributed by atoms with Gasteiger partial charge in [-0.15, -0.1) is 0 Å². The Morgan fingerprint density at radius 1 is 0.402 bits per heavy atom. The SMILES string of the molecule is C=C\C=C/C=C(\C(=C/C=C)C(C)(C)C)N1c2cc3c(cc2B2c4ccccc4N(c4ccccc4)c4c2c1cc1oc2ccccc2c41)B1c2ccccc2N(c2ccccc2)c2c1c(cc1oc4ccccc4c21)N3c1ccccc1. The van der Waals surface area contributed by atoms with Gasteiger partial charge < -0.3 is 28.4 Å². The minimum Gasteiger partial charge on any atom is -0.456 e. The number of allylic oxidation sites excluding steroid dienone is 7. The average molecular weight is 1050 g/mol. The number of fused-ring (bicyclic) bond motifs is 16. The molecule has 388 valence electrons. The van der Waals surface area contributed by atoms with Crippen LogP contribution >= 0.6 is 0 Å². The van der Waals surface area contributed by atoms with E-state index in [0.717, 1.165) is 118 Å². The van der Waals surface area contributed by atoms with Crippen molar-refractivity contribution >= 4 is 153 Å². The second kappa shape index (κ2) is 18.2. The van der Waals surface area contributed by atoms with Gasteiger partial charge in [-0.1, -0.05) is 198 Å². The largest absolute Gasteiger partial charge is 0.456 e. The van der Waals surface area contributed by atoms with E-state index < -0.39 is 0 Å². The van der Waals surface area contributed by atoms with E-state index in [1.165, 1.54) is 32.8 Å². The maximum atomic E-state index is 7.11. The first kappa shape index (κ1) is 47.8. The third kappa shape index (κ3) is 6.85. The Balaban J connectivity index is 1.10. The van der Waals surface area contributed by atoms with Crippen LogP contribution < -0.4 is 52.4 Å². The Hall–Kier alpha value is -10.2. The second-order valence-electron chi connectivity index (χ2n) is 22.8. The van der Waals surface area contributed by atoms with Gasteiger partial charge >= 0.3 is 0 Å². The molecule has 0 aliphatic carbocycles. The van der Waals surface area contributed by atoms with E-state index in [2.05, 4.69) is 284 Å². The maximum Gasteiger partial charge on any atom is 0.252 e. The van der Waals surface area contributed by atoms with Crippen LogP contribution in [0.25, 0.3) is 43.9 Å². The van der Waals surface area contributed by atoms with Crippen LogP contribution in [0.4, 0.5) is 62.6 Å². The highest BCUT2D eigenvalue weighted by molar-refractivity contribution is 7.03. The Bertz CT molecular complexity index is 4760. The van der Waals surface area contributed by atoms with Crippen molar-refractivity contribution in [3.63, 3.8) is 0 Å². The van der Waals surface area contributed by atoms with Crippen LogP contribution in [0.2, 0.25) is 0 Å². The summed E-state index contributed by atoms with van der Waals surface area (Å²) in [5.41, 5.74) is 24.5. The smallest absolute Gasteiger partial charge is 0.252 e. The van der Waals surface area contributed by atoms with E-state index in [0.29, 0.717) is 0 Å². The maximum absolute atomic E-state index is 7.11. The molecule has 0 saturated heterocycles. The molecular weight excluding hydrogens is 998 g/mol. The van der Waals surface area contributed by atoms with Gasteiger partial charge in [0, 0.05) is 79.8 Å². The Morgan fingerprint density at radius 2 is 0.866 bits per heavy atom. The molecule has 4 aliphatic rings. The van der Waals surface area contributed by atoms with E-state index >= 15 is 0 Å². The molecule has 8 heteroatoms. The summed E-state index contributed by atoms with van der Waals surface area (Å²) in [6.45, 7) is 15.0. The van der Waals surface area contributed by atoms with Crippen LogP contribution in [0.3, 0.4) is 0 Å². The average Bonchev–Trinajstić information content (AvgIpc) is 1.22. The highest BCUT2D eigenvalue weighted by Crippen LogP contribution is 2.54. The zero-order valence-electron chi connectivity index (χ0n) is 45.8. The number of furan rings is 2. The summed E-state index contributed by atoms with van der Waals surface area (Å²) in [6.07, 6.45) is 12.4. The zero-order chi connectivity index (χ0) is 55.0.